The molecule has 1 aromatic rings. The molecule has 6 heteroatoms. The fourth-order valence-corrected chi connectivity index (χ4v) is 1.89. The predicted molar refractivity (Wildman–Crippen MR) is 63.6 cm³/mol. The molecule has 6 nitrogen and oxygen atoms in total. The molecule has 0 radical (unpaired) electrons. The maximum absolute atomic E-state index is 11.7. The fourth-order valence-electron chi connectivity index (χ4n) is 1.89. The Kier molecular flexibility index (Phi) is 3.76. The first kappa shape index (κ1) is 12.3. The van der Waals surface area contributed by atoms with Crippen molar-refractivity contribution >= 4 is 6.09 Å². The molecular weight excluding hydrogens is 236 g/mol. The molecule has 1 atom stereocenters. The van der Waals surface area contributed by atoms with E-state index in [0.29, 0.717) is 13.0 Å². The lowest BCUT2D eigenvalue weighted by Crippen LogP contribution is -2.31. The van der Waals surface area contributed by atoms with Crippen LogP contribution < -0.4 is 0 Å². The van der Waals surface area contributed by atoms with Crippen molar-refractivity contribution in [2.24, 2.45) is 0 Å². The molecular formula is C12H14N2O4. The fraction of sp³-hybridized carbons (Fsp3) is 0.417. The number of hydrogen-bond donors (Lipinski definition) is 0. The molecule has 1 aromatic carbocycles. The first-order chi connectivity index (χ1) is 8.66. The van der Waals surface area contributed by atoms with Crippen molar-refractivity contribution in [1.29, 1.82) is 0 Å². The summed E-state index contributed by atoms with van der Waals surface area (Å²) in [6.07, 6.45) is -0.0869. The van der Waals surface area contributed by atoms with Gasteiger partial charge < -0.3 is 9.64 Å². The summed E-state index contributed by atoms with van der Waals surface area (Å²) in [5, 5.41) is 10.6. The summed E-state index contributed by atoms with van der Waals surface area (Å²) in [6.45, 7) is 0.721. The molecule has 18 heavy (non-hydrogen) atoms. The summed E-state index contributed by atoms with van der Waals surface area (Å²) in [5.74, 6) is 0. The van der Waals surface area contributed by atoms with Gasteiger partial charge >= 0.3 is 6.09 Å². The standard InChI is InChI=1S/C12H14N2O4/c15-12(13-7-6-11(8-13)14(16)17)18-9-10-4-2-1-3-5-10/h1-5,11H,6-9H2. The van der Waals surface area contributed by atoms with Crippen molar-refractivity contribution in [1.82, 2.24) is 4.90 Å². The normalized spacial score (nSPS) is 18.7. The molecule has 0 spiro atoms. The highest BCUT2D eigenvalue weighted by Crippen LogP contribution is 2.13. The maximum atomic E-state index is 11.7. The number of nitrogens with zero attached hydrogens (tertiary/aromatic N) is 2. The first-order valence-electron chi connectivity index (χ1n) is 5.76. The van der Waals surface area contributed by atoms with Gasteiger partial charge in [0.15, 0.2) is 0 Å². The number of benzene rings is 1. The van der Waals surface area contributed by atoms with Crippen LogP contribution in [0.4, 0.5) is 4.79 Å². The zero-order chi connectivity index (χ0) is 13.0. The largest absolute Gasteiger partial charge is 0.445 e. The Balaban J connectivity index is 1.81. The van der Waals surface area contributed by atoms with E-state index in [4.69, 9.17) is 4.74 Å². The van der Waals surface area contributed by atoms with Crippen molar-refractivity contribution < 1.29 is 14.5 Å². The van der Waals surface area contributed by atoms with Crippen molar-refractivity contribution in [3.63, 3.8) is 0 Å². The van der Waals surface area contributed by atoms with E-state index < -0.39 is 12.1 Å². The summed E-state index contributed by atoms with van der Waals surface area (Å²) < 4.78 is 5.10. The van der Waals surface area contributed by atoms with E-state index in [1.165, 1.54) is 4.90 Å². The Bertz CT molecular complexity index is 435. The van der Waals surface area contributed by atoms with Crippen LogP contribution in [0.15, 0.2) is 30.3 Å². The minimum Gasteiger partial charge on any atom is -0.445 e. The number of rotatable bonds is 3. The molecule has 96 valence electrons. The number of hydrogen-bond acceptors (Lipinski definition) is 4. The number of amides is 1. The van der Waals surface area contributed by atoms with Crippen molar-refractivity contribution in [2.75, 3.05) is 13.1 Å². The van der Waals surface area contributed by atoms with E-state index in [1.54, 1.807) is 0 Å². The number of carbonyl (C=O) groups excluding carboxylic acids is 1. The van der Waals surface area contributed by atoms with Gasteiger partial charge in [0.2, 0.25) is 6.04 Å². The third kappa shape index (κ3) is 2.97. The summed E-state index contributed by atoms with van der Waals surface area (Å²) >= 11 is 0. The second-order valence-corrected chi connectivity index (χ2v) is 4.21. The minimum atomic E-state index is -0.658. The van der Waals surface area contributed by atoms with Gasteiger partial charge in [-0.1, -0.05) is 30.3 Å². The van der Waals surface area contributed by atoms with E-state index in [1.807, 2.05) is 30.3 Å². The Morgan fingerprint density at radius 1 is 1.44 bits per heavy atom. The van der Waals surface area contributed by atoms with Gasteiger partial charge in [-0.2, -0.15) is 0 Å². The summed E-state index contributed by atoms with van der Waals surface area (Å²) in [7, 11) is 0. The first-order valence-corrected chi connectivity index (χ1v) is 5.76. The monoisotopic (exact) mass is 250 g/mol. The summed E-state index contributed by atoms with van der Waals surface area (Å²) in [4.78, 5) is 23.3. The van der Waals surface area contributed by atoms with Crippen LogP contribution in [0.3, 0.4) is 0 Å². The van der Waals surface area contributed by atoms with E-state index in [9.17, 15) is 14.9 Å². The molecule has 1 aliphatic rings. The highest BCUT2D eigenvalue weighted by atomic mass is 16.6. The molecule has 0 aromatic heterocycles. The highest BCUT2D eigenvalue weighted by Gasteiger charge is 2.34. The molecule has 1 saturated heterocycles. The van der Waals surface area contributed by atoms with E-state index in [2.05, 4.69) is 0 Å². The van der Waals surface area contributed by atoms with Crippen LogP contribution in [0.25, 0.3) is 0 Å². The molecule has 0 saturated carbocycles. The van der Waals surface area contributed by atoms with Crippen molar-refractivity contribution in [3.8, 4) is 0 Å². The molecule has 0 bridgehead atoms. The lowest BCUT2D eigenvalue weighted by molar-refractivity contribution is -0.517. The van der Waals surface area contributed by atoms with Crippen LogP contribution in [0.5, 0.6) is 0 Å². The van der Waals surface area contributed by atoms with E-state index in [0.717, 1.165) is 5.56 Å². The molecule has 1 unspecified atom stereocenters. The second-order valence-electron chi connectivity index (χ2n) is 4.21. The van der Waals surface area contributed by atoms with Gasteiger partial charge in [0, 0.05) is 17.9 Å². The smallest absolute Gasteiger partial charge is 0.410 e. The van der Waals surface area contributed by atoms with Gasteiger partial charge in [-0.05, 0) is 5.56 Å². The maximum Gasteiger partial charge on any atom is 0.410 e. The van der Waals surface area contributed by atoms with Crippen LogP contribution in [0, 0.1) is 10.1 Å². The lowest BCUT2D eigenvalue weighted by Gasteiger charge is -2.14. The van der Waals surface area contributed by atoms with Gasteiger partial charge in [-0.25, -0.2) is 4.79 Å². The van der Waals surface area contributed by atoms with Gasteiger partial charge in [0.25, 0.3) is 0 Å². The number of ether oxygens (including phenoxy) is 1. The Morgan fingerprint density at radius 3 is 2.78 bits per heavy atom. The summed E-state index contributed by atoms with van der Waals surface area (Å²) in [6, 6.07) is 8.67. The van der Waals surface area contributed by atoms with Crippen molar-refractivity contribution in [3.05, 3.63) is 46.0 Å². The third-order valence-corrected chi connectivity index (χ3v) is 2.92. The highest BCUT2D eigenvalue weighted by molar-refractivity contribution is 5.68. The van der Waals surface area contributed by atoms with Crippen LogP contribution in [-0.2, 0) is 11.3 Å². The third-order valence-electron chi connectivity index (χ3n) is 2.92. The predicted octanol–water partition coefficient (Wildman–Crippen LogP) is 1.67. The Morgan fingerprint density at radius 2 is 2.17 bits per heavy atom. The summed E-state index contributed by atoms with van der Waals surface area (Å²) in [5.41, 5.74) is 0.899. The average molecular weight is 250 g/mol. The lowest BCUT2D eigenvalue weighted by atomic mass is 10.2. The SMILES string of the molecule is O=C(OCc1ccccc1)N1CCC([N+](=O)[O-])C1. The van der Waals surface area contributed by atoms with Gasteiger partial charge in [-0.15, -0.1) is 0 Å². The topological polar surface area (TPSA) is 72.7 Å². The Hall–Kier alpha value is -2.11. The average Bonchev–Trinajstić information content (AvgIpc) is 2.87. The van der Waals surface area contributed by atoms with E-state index >= 15 is 0 Å². The zero-order valence-corrected chi connectivity index (χ0v) is 9.82. The van der Waals surface area contributed by atoms with Gasteiger partial charge in [0.05, 0.1) is 6.54 Å². The van der Waals surface area contributed by atoms with Crippen LogP contribution in [0.2, 0.25) is 0 Å². The molecule has 1 amide bonds. The van der Waals surface area contributed by atoms with Gasteiger partial charge in [-0.3, -0.25) is 10.1 Å². The second kappa shape index (κ2) is 5.48. The quantitative estimate of drug-likeness (QED) is 0.604. The molecule has 1 fully saturated rings. The molecule has 0 N–H and O–H groups in total. The van der Waals surface area contributed by atoms with Crippen LogP contribution >= 0.6 is 0 Å². The number of likely N-dealkylation sites (tertiary alicyclic amines) is 1. The minimum absolute atomic E-state index is 0.140. The van der Waals surface area contributed by atoms with Gasteiger partial charge in [0.1, 0.15) is 6.61 Å². The zero-order valence-electron chi connectivity index (χ0n) is 9.82. The van der Waals surface area contributed by atoms with E-state index in [-0.39, 0.29) is 18.1 Å². The molecule has 0 aliphatic carbocycles. The van der Waals surface area contributed by atoms with Crippen molar-refractivity contribution in [2.45, 2.75) is 19.1 Å². The molecule has 1 aliphatic heterocycles. The Labute approximate surface area is 104 Å². The number of nitro groups is 1. The van der Waals surface area contributed by atoms with Crippen LogP contribution in [0.1, 0.15) is 12.0 Å². The molecule has 2 rings (SSSR count). The number of carbonyl (C=O) groups is 1. The van der Waals surface area contributed by atoms with Crippen LogP contribution in [-0.4, -0.2) is 35.0 Å². The molecule has 1 heterocycles.